The van der Waals surface area contributed by atoms with E-state index in [4.69, 9.17) is 0 Å². The average molecular weight is 347 g/mol. The molecule has 1 aromatic carbocycles. The van der Waals surface area contributed by atoms with Crippen LogP contribution in [0.15, 0.2) is 35.3 Å². The quantitative estimate of drug-likeness (QED) is 0.695. The number of pyridine rings is 1. The number of phenols is 1. The number of phenolic OH excluding ortho intramolecular Hbond substituents is 1. The standard InChI is InChI=1S/C17H17NO7/c1-24-13(20)7-11(9-3-5-10(19)6-4-9)14-15(21)12(17(23)25-2)8-18-16(14)22/h3-6,8,11,19H,7H2,1-2H3,(H2,18,21,22). The monoisotopic (exact) mass is 347 g/mol. The van der Waals surface area contributed by atoms with Crippen LogP contribution in [0.2, 0.25) is 0 Å². The van der Waals surface area contributed by atoms with Gasteiger partial charge in [0.25, 0.3) is 5.56 Å². The van der Waals surface area contributed by atoms with Crippen molar-refractivity contribution < 1.29 is 29.3 Å². The van der Waals surface area contributed by atoms with Gasteiger partial charge in [-0.25, -0.2) is 4.79 Å². The lowest BCUT2D eigenvalue weighted by atomic mass is 9.88. The second-order valence-electron chi connectivity index (χ2n) is 5.21. The summed E-state index contributed by atoms with van der Waals surface area (Å²) in [5.74, 6) is -2.90. The Hall–Kier alpha value is -3.29. The topological polar surface area (TPSA) is 126 Å². The first-order valence-electron chi connectivity index (χ1n) is 7.27. The van der Waals surface area contributed by atoms with Crippen LogP contribution in [0.25, 0.3) is 0 Å². The van der Waals surface area contributed by atoms with Gasteiger partial charge < -0.3 is 24.7 Å². The van der Waals surface area contributed by atoms with Crippen LogP contribution in [0.5, 0.6) is 11.5 Å². The van der Waals surface area contributed by atoms with Crippen LogP contribution in [-0.4, -0.2) is 41.4 Å². The normalized spacial score (nSPS) is 11.6. The molecule has 8 nitrogen and oxygen atoms in total. The molecule has 0 aliphatic rings. The molecule has 2 rings (SSSR count). The minimum atomic E-state index is -0.888. The number of carbonyl (C=O) groups excluding carboxylic acids is 2. The summed E-state index contributed by atoms with van der Waals surface area (Å²) in [6, 6.07) is 5.78. The Balaban J connectivity index is 2.65. The highest BCUT2D eigenvalue weighted by molar-refractivity contribution is 5.92. The van der Waals surface area contributed by atoms with Crippen LogP contribution < -0.4 is 5.56 Å². The molecule has 3 N–H and O–H groups in total. The van der Waals surface area contributed by atoms with Gasteiger partial charge in [-0.3, -0.25) is 9.59 Å². The predicted octanol–water partition coefficient (Wildman–Crippen LogP) is 1.27. The second kappa shape index (κ2) is 7.52. The molecule has 1 unspecified atom stereocenters. The highest BCUT2D eigenvalue weighted by Crippen LogP contribution is 2.34. The molecule has 0 aliphatic carbocycles. The Labute approximate surface area is 142 Å². The van der Waals surface area contributed by atoms with Crippen molar-refractivity contribution in [1.29, 1.82) is 0 Å². The average Bonchev–Trinajstić information content (AvgIpc) is 2.60. The summed E-state index contributed by atoms with van der Waals surface area (Å²) in [6.45, 7) is 0. The lowest BCUT2D eigenvalue weighted by Crippen LogP contribution is -2.22. The number of aromatic nitrogens is 1. The number of hydrogen-bond donors (Lipinski definition) is 3. The van der Waals surface area contributed by atoms with Gasteiger partial charge in [0.2, 0.25) is 0 Å². The number of carbonyl (C=O) groups is 2. The van der Waals surface area contributed by atoms with Crippen molar-refractivity contribution in [2.24, 2.45) is 0 Å². The molecule has 0 radical (unpaired) electrons. The fourth-order valence-corrected chi connectivity index (χ4v) is 2.47. The molecule has 0 amide bonds. The molecule has 0 aliphatic heterocycles. The zero-order valence-corrected chi connectivity index (χ0v) is 13.6. The number of H-pyrrole nitrogens is 1. The summed E-state index contributed by atoms with van der Waals surface area (Å²) < 4.78 is 9.22. The smallest absolute Gasteiger partial charge is 0.343 e. The zero-order valence-electron chi connectivity index (χ0n) is 13.6. The van der Waals surface area contributed by atoms with Crippen LogP contribution in [0.4, 0.5) is 0 Å². The minimum absolute atomic E-state index is 0.00186. The lowest BCUT2D eigenvalue weighted by molar-refractivity contribution is -0.140. The number of nitrogens with one attached hydrogen (secondary N) is 1. The van der Waals surface area contributed by atoms with Gasteiger partial charge in [0.05, 0.1) is 26.2 Å². The van der Waals surface area contributed by atoms with Crippen LogP contribution in [0, 0.1) is 0 Å². The SMILES string of the molecule is COC(=O)CC(c1ccc(O)cc1)c1c(O)c(C(=O)OC)c[nH]c1=O. The summed E-state index contributed by atoms with van der Waals surface area (Å²) in [5.41, 5.74) is -0.581. The van der Waals surface area contributed by atoms with Gasteiger partial charge in [0, 0.05) is 12.1 Å². The van der Waals surface area contributed by atoms with E-state index in [0.29, 0.717) is 5.56 Å². The van der Waals surface area contributed by atoms with E-state index < -0.39 is 29.2 Å². The fourth-order valence-electron chi connectivity index (χ4n) is 2.47. The summed E-state index contributed by atoms with van der Waals surface area (Å²) in [4.78, 5) is 38.2. The van der Waals surface area contributed by atoms with Crippen molar-refractivity contribution in [3.8, 4) is 11.5 Å². The summed E-state index contributed by atoms with van der Waals surface area (Å²) >= 11 is 0. The van der Waals surface area contributed by atoms with Crippen molar-refractivity contribution in [3.05, 3.63) is 57.5 Å². The molecular weight excluding hydrogens is 330 g/mol. The summed E-state index contributed by atoms with van der Waals surface area (Å²) in [5, 5.41) is 19.8. The molecule has 25 heavy (non-hydrogen) atoms. The van der Waals surface area contributed by atoms with E-state index in [0.717, 1.165) is 13.3 Å². The van der Waals surface area contributed by atoms with Gasteiger partial charge in [-0.15, -0.1) is 0 Å². The molecular formula is C17H17NO7. The second-order valence-corrected chi connectivity index (χ2v) is 5.21. The maximum absolute atomic E-state index is 12.3. The van der Waals surface area contributed by atoms with Gasteiger partial charge in [0.1, 0.15) is 17.1 Å². The molecule has 0 saturated carbocycles. The number of aromatic amines is 1. The maximum atomic E-state index is 12.3. The number of benzene rings is 1. The van der Waals surface area contributed by atoms with E-state index in [1.54, 1.807) is 0 Å². The van der Waals surface area contributed by atoms with E-state index >= 15 is 0 Å². The summed E-state index contributed by atoms with van der Waals surface area (Å²) in [6.07, 6.45) is 0.793. The Morgan fingerprint density at radius 3 is 2.32 bits per heavy atom. The highest BCUT2D eigenvalue weighted by atomic mass is 16.5. The first-order valence-corrected chi connectivity index (χ1v) is 7.27. The molecule has 1 aromatic heterocycles. The number of aromatic hydroxyl groups is 2. The zero-order chi connectivity index (χ0) is 18.6. The van der Waals surface area contributed by atoms with Gasteiger partial charge in [-0.1, -0.05) is 12.1 Å². The molecule has 2 aromatic rings. The highest BCUT2D eigenvalue weighted by Gasteiger charge is 2.28. The lowest BCUT2D eigenvalue weighted by Gasteiger charge is -2.18. The van der Waals surface area contributed by atoms with E-state index in [2.05, 4.69) is 14.5 Å². The van der Waals surface area contributed by atoms with Crippen LogP contribution in [-0.2, 0) is 14.3 Å². The van der Waals surface area contributed by atoms with Crippen LogP contribution in [0.3, 0.4) is 0 Å². The molecule has 0 saturated heterocycles. The van der Waals surface area contributed by atoms with E-state index in [9.17, 15) is 24.6 Å². The molecule has 1 atom stereocenters. The molecule has 8 heteroatoms. The number of methoxy groups -OCH3 is 2. The Morgan fingerprint density at radius 1 is 1.12 bits per heavy atom. The molecule has 0 bridgehead atoms. The third kappa shape index (κ3) is 3.79. The maximum Gasteiger partial charge on any atom is 0.343 e. The van der Waals surface area contributed by atoms with Crippen molar-refractivity contribution >= 4 is 11.9 Å². The van der Waals surface area contributed by atoms with Crippen molar-refractivity contribution in [2.45, 2.75) is 12.3 Å². The van der Waals surface area contributed by atoms with Gasteiger partial charge in [0.15, 0.2) is 0 Å². The first kappa shape index (κ1) is 18.1. The van der Waals surface area contributed by atoms with Gasteiger partial charge in [-0.05, 0) is 17.7 Å². The van der Waals surface area contributed by atoms with Crippen molar-refractivity contribution in [1.82, 2.24) is 4.98 Å². The van der Waals surface area contributed by atoms with E-state index in [1.807, 2.05) is 0 Å². The number of hydrogen-bond acceptors (Lipinski definition) is 7. The largest absolute Gasteiger partial charge is 0.508 e. The molecule has 1 heterocycles. The van der Waals surface area contributed by atoms with Gasteiger partial charge in [-0.2, -0.15) is 0 Å². The van der Waals surface area contributed by atoms with Crippen LogP contribution in [0.1, 0.15) is 33.8 Å². The predicted molar refractivity (Wildman–Crippen MR) is 86.6 cm³/mol. The minimum Gasteiger partial charge on any atom is -0.508 e. The third-order valence-electron chi connectivity index (χ3n) is 3.75. The molecule has 132 valence electrons. The van der Waals surface area contributed by atoms with Crippen molar-refractivity contribution in [2.75, 3.05) is 14.2 Å². The fraction of sp³-hybridized carbons (Fsp3) is 0.235. The Morgan fingerprint density at radius 2 is 1.76 bits per heavy atom. The first-order chi connectivity index (χ1) is 11.9. The number of esters is 2. The number of ether oxygens (including phenoxy) is 2. The molecule has 0 fully saturated rings. The van der Waals surface area contributed by atoms with Crippen LogP contribution >= 0.6 is 0 Å². The Kier molecular flexibility index (Phi) is 5.43. The Bertz CT molecular complexity index is 839. The molecule has 0 spiro atoms. The number of rotatable bonds is 5. The third-order valence-corrected chi connectivity index (χ3v) is 3.75. The van der Waals surface area contributed by atoms with E-state index in [-0.39, 0.29) is 23.3 Å². The van der Waals surface area contributed by atoms with E-state index in [1.165, 1.54) is 31.4 Å². The van der Waals surface area contributed by atoms with Crippen molar-refractivity contribution in [3.63, 3.8) is 0 Å². The summed E-state index contributed by atoms with van der Waals surface area (Å²) in [7, 11) is 2.34. The van der Waals surface area contributed by atoms with Gasteiger partial charge >= 0.3 is 11.9 Å².